The summed E-state index contributed by atoms with van der Waals surface area (Å²) in [6, 6.07) is 5.64. The zero-order valence-electron chi connectivity index (χ0n) is 9.32. The number of aryl methyl sites for hydroxylation is 2. The molecule has 1 amide bonds. The number of rotatable bonds is 2. The van der Waals surface area contributed by atoms with E-state index in [0.717, 1.165) is 18.5 Å². The average Bonchev–Trinajstić information content (AvgIpc) is 2.64. The van der Waals surface area contributed by atoms with Crippen molar-refractivity contribution in [2.24, 2.45) is 5.73 Å². The summed E-state index contributed by atoms with van der Waals surface area (Å²) in [5, 5.41) is 2.81. The number of hydrogen-bond donors (Lipinski definition) is 2. The van der Waals surface area contributed by atoms with Crippen LogP contribution in [0.2, 0.25) is 0 Å². The van der Waals surface area contributed by atoms with Crippen LogP contribution in [0.5, 0.6) is 0 Å². The second kappa shape index (κ2) is 5.32. The Morgan fingerprint density at radius 2 is 2.06 bits per heavy atom. The van der Waals surface area contributed by atoms with Crippen molar-refractivity contribution < 1.29 is 4.79 Å². The molecule has 1 aliphatic rings. The first kappa shape index (κ1) is 13.0. The SMILES string of the molecule is C[C@@H](N)C(=O)Nc1ccc2c(c1)CCC2.Cl. The number of benzene rings is 1. The van der Waals surface area contributed by atoms with Crippen LogP contribution in [0.25, 0.3) is 0 Å². The molecule has 1 atom stereocenters. The molecule has 0 aromatic heterocycles. The van der Waals surface area contributed by atoms with Gasteiger partial charge in [0.2, 0.25) is 5.91 Å². The summed E-state index contributed by atoms with van der Waals surface area (Å²) < 4.78 is 0. The Kier molecular flexibility index (Phi) is 4.33. The first-order valence-electron chi connectivity index (χ1n) is 5.35. The summed E-state index contributed by atoms with van der Waals surface area (Å²) >= 11 is 0. The molecule has 0 radical (unpaired) electrons. The van der Waals surface area contributed by atoms with Gasteiger partial charge in [-0.05, 0) is 49.4 Å². The molecular formula is C12H17ClN2O. The first-order valence-corrected chi connectivity index (χ1v) is 5.35. The standard InChI is InChI=1S/C12H16N2O.ClH/c1-8(13)12(15)14-11-6-5-9-3-2-4-10(9)7-11;/h5-8H,2-4,13H2,1H3,(H,14,15);1H/t8-;/m1./s1. The van der Waals surface area contributed by atoms with E-state index in [1.807, 2.05) is 6.07 Å². The number of carbonyl (C=O) groups excluding carboxylic acids is 1. The maximum Gasteiger partial charge on any atom is 0.240 e. The lowest BCUT2D eigenvalue weighted by Crippen LogP contribution is -2.32. The van der Waals surface area contributed by atoms with Crippen LogP contribution in [0, 0.1) is 0 Å². The molecule has 0 spiro atoms. The minimum absolute atomic E-state index is 0. The Balaban J connectivity index is 0.00000128. The fourth-order valence-electron chi connectivity index (χ4n) is 1.91. The van der Waals surface area contributed by atoms with E-state index in [4.69, 9.17) is 5.73 Å². The molecule has 0 saturated heterocycles. The van der Waals surface area contributed by atoms with Gasteiger partial charge in [-0.1, -0.05) is 6.07 Å². The zero-order chi connectivity index (χ0) is 10.8. The van der Waals surface area contributed by atoms with E-state index in [1.165, 1.54) is 17.5 Å². The van der Waals surface area contributed by atoms with Crippen molar-refractivity contribution in [3.8, 4) is 0 Å². The number of nitrogens with one attached hydrogen (secondary N) is 1. The summed E-state index contributed by atoms with van der Waals surface area (Å²) in [5.74, 6) is -0.132. The number of halogens is 1. The Morgan fingerprint density at radius 1 is 1.38 bits per heavy atom. The van der Waals surface area contributed by atoms with Gasteiger partial charge in [-0.25, -0.2) is 0 Å². The lowest BCUT2D eigenvalue weighted by Gasteiger charge is -2.09. The highest BCUT2D eigenvalue weighted by Crippen LogP contribution is 2.24. The van der Waals surface area contributed by atoms with Gasteiger partial charge < -0.3 is 11.1 Å². The van der Waals surface area contributed by atoms with E-state index in [9.17, 15) is 4.79 Å². The van der Waals surface area contributed by atoms with Gasteiger partial charge in [0, 0.05) is 5.69 Å². The Labute approximate surface area is 102 Å². The van der Waals surface area contributed by atoms with Gasteiger partial charge >= 0.3 is 0 Å². The molecular weight excluding hydrogens is 224 g/mol. The molecule has 16 heavy (non-hydrogen) atoms. The predicted octanol–water partition coefficient (Wildman–Crippen LogP) is 1.88. The molecule has 0 unspecified atom stereocenters. The van der Waals surface area contributed by atoms with Gasteiger partial charge in [0.1, 0.15) is 0 Å². The fraction of sp³-hybridized carbons (Fsp3) is 0.417. The number of hydrogen-bond acceptors (Lipinski definition) is 2. The zero-order valence-corrected chi connectivity index (χ0v) is 10.1. The number of nitrogens with two attached hydrogens (primary N) is 1. The van der Waals surface area contributed by atoms with Crippen molar-refractivity contribution in [3.05, 3.63) is 29.3 Å². The second-order valence-corrected chi connectivity index (χ2v) is 4.11. The molecule has 3 N–H and O–H groups in total. The number of amides is 1. The monoisotopic (exact) mass is 240 g/mol. The van der Waals surface area contributed by atoms with E-state index in [2.05, 4.69) is 17.4 Å². The van der Waals surface area contributed by atoms with Crippen LogP contribution in [0.1, 0.15) is 24.5 Å². The third-order valence-electron chi connectivity index (χ3n) is 2.78. The Bertz CT molecular complexity index is 391. The Morgan fingerprint density at radius 3 is 2.75 bits per heavy atom. The fourth-order valence-corrected chi connectivity index (χ4v) is 1.91. The molecule has 1 aliphatic carbocycles. The molecule has 3 nitrogen and oxygen atoms in total. The average molecular weight is 241 g/mol. The normalized spacial score (nSPS) is 14.9. The summed E-state index contributed by atoms with van der Waals surface area (Å²) in [5.41, 5.74) is 9.11. The molecule has 0 heterocycles. The highest BCUT2D eigenvalue weighted by molar-refractivity contribution is 5.94. The van der Waals surface area contributed by atoms with Crippen molar-refractivity contribution in [2.75, 3.05) is 5.32 Å². The smallest absolute Gasteiger partial charge is 0.240 e. The second-order valence-electron chi connectivity index (χ2n) is 4.11. The van der Waals surface area contributed by atoms with E-state index >= 15 is 0 Å². The predicted molar refractivity (Wildman–Crippen MR) is 68.0 cm³/mol. The third kappa shape index (κ3) is 2.74. The van der Waals surface area contributed by atoms with Crippen molar-refractivity contribution in [3.63, 3.8) is 0 Å². The van der Waals surface area contributed by atoms with Gasteiger partial charge in [0.05, 0.1) is 6.04 Å². The van der Waals surface area contributed by atoms with Crippen molar-refractivity contribution >= 4 is 24.0 Å². The lowest BCUT2D eigenvalue weighted by atomic mass is 10.1. The van der Waals surface area contributed by atoms with Crippen LogP contribution in [-0.2, 0) is 17.6 Å². The molecule has 1 aromatic rings. The quantitative estimate of drug-likeness (QED) is 0.830. The van der Waals surface area contributed by atoms with Gasteiger partial charge in [-0.2, -0.15) is 0 Å². The number of carbonyl (C=O) groups is 1. The Hall–Kier alpha value is -1.06. The van der Waals surface area contributed by atoms with Crippen molar-refractivity contribution in [2.45, 2.75) is 32.2 Å². The van der Waals surface area contributed by atoms with Gasteiger partial charge in [0.25, 0.3) is 0 Å². The van der Waals surface area contributed by atoms with Crippen LogP contribution in [-0.4, -0.2) is 11.9 Å². The highest BCUT2D eigenvalue weighted by atomic mass is 35.5. The minimum Gasteiger partial charge on any atom is -0.325 e. The maximum absolute atomic E-state index is 11.4. The summed E-state index contributed by atoms with van der Waals surface area (Å²) in [7, 11) is 0. The van der Waals surface area contributed by atoms with Crippen LogP contribution in [0.4, 0.5) is 5.69 Å². The van der Waals surface area contributed by atoms with E-state index in [-0.39, 0.29) is 18.3 Å². The largest absolute Gasteiger partial charge is 0.325 e. The van der Waals surface area contributed by atoms with Gasteiger partial charge in [0.15, 0.2) is 0 Å². The van der Waals surface area contributed by atoms with E-state index < -0.39 is 6.04 Å². The molecule has 88 valence electrons. The molecule has 1 aromatic carbocycles. The van der Waals surface area contributed by atoms with Crippen molar-refractivity contribution in [1.29, 1.82) is 0 Å². The first-order chi connectivity index (χ1) is 7.16. The van der Waals surface area contributed by atoms with Gasteiger partial charge in [-0.15, -0.1) is 12.4 Å². The van der Waals surface area contributed by atoms with E-state index in [0.29, 0.717) is 0 Å². The number of fused-ring (bicyclic) bond motifs is 1. The van der Waals surface area contributed by atoms with Crippen LogP contribution in [0.15, 0.2) is 18.2 Å². The molecule has 2 rings (SSSR count). The lowest BCUT2D eigenvalue weighted by molar-refractivity contribution is -0.117. The summed E-state index contributed by atoms with van der Waals surface area (Å²) in [4.78, 5) is 11.4. The highest BCUT2D eigenvalue weighted by Gasteiger charge is 2.12. The number of anilines is 1. The van der Waals surface area contributed by atoms with Crippen LogP contribution >= 0.6 is 12.4 Å². The van der Waals surface area contributed by atoms with Crippen molar-refractivity contribution in [1.82, 2.24) is 0 Å². The molecule has 0 bridgehead atoms. The summed E-state index contributed by atoms with van der Waals surface area (Å²) in [6.07, 6.45) is 3.51. The molecule has 4 heteroatoms. The maximum atomic E-state index is 11.4. The minimum atomic E-state index is -0.460. The molecule has 0 fully saturated rings. The topological polar surface area (TPSA) is 55.1 Å². The van der Waals surface area contributed by atoms with E-state index in [1.54, 1.807) is 6.92 Å². The van der Waals surface area contributed by atoms with Crippen LogP contribution in [0.3, 0.4) is 0 Å². The summed E-state index contributed by atoms with van der Waals surface area (Å²) in [6.45, 7) is 1.68. The van der Waals surface area contributed by atoms with Crippen LogP contribution < -0.4 is 11.1 Å². The third-order valence-corrected chi connectivity index (χ3v) is 2.78. The van der Waals surface area contributed by atoms with Gasteiger partial charge in [-0.3, -0.25) is 4.79 Å². The molecule has 0 aliphatic heterocycles. The molecule has 0 saturated carbocycles.